The minimum absolute atomic E-state index is 0.0945. The first-order valence-electron chi connectivity index (χ1n) is 9.98. The van der Waals surface area contributed by atoms with E-state index >= 15 is 0 Å². The van der Waals surface area contributed by atoms with Gasteiger partial charge < -0.3 is 10.2 Å². The molecule has 0 aliphatic heterocycles. The summed E-state index contributed by atoms with van der Waals surface area (Å²) < 4.78 is 62.1. The Hall–Kier alpha value is -3.57. The maximum absolute atomic E-state index is 14.9. The molecule has 0 radical (unpaired) electrons. The predicted molar refractivity (Wildman–Crippen MR) is 118 cm³/mol. The molecular formula is C22H20F2N4O4S. The van der Waals surface area contributed by atoms with Gasteiger partial charge in [0.05, 0.1) is 11.6 Å². The summed E-state index contributed by atoms with van der Waals surface area (Å²) in [7, 11) is -4.48. The number of nitrogens with one attached hydrogen (secondary N) is 1. The predicted octanol–water partition coefficient (Wildman–Crippen LogP) is 3.18. The molecular weight excluding hydrogens is 454 g/mol. The van der Waals surface area contributed by atoms with Crippen molar-refractivity contribution in [2.24, 2.45) is 5.73 Å². The zero-order valence-corrected chi connectivity index (χ0v) is 18.3. The number of hydrogen-bond donors (Lipinski definition) is 2. The smallest absolute Gasteiger partial charge is 0.408 e. The quantitative estimate of drug-likeness (QED) is 0.397. The molecule has 3 N–H and O–H groups in total. The molecule has 8 nitrogen and oxygen atoms in total. The number of halogens is 2. The first kappa shape index (κ1) is 22.6. The fraction of sp³-hybridized carbons (Fsp3) is 0.182. The van der Waals surface area contributed by atoms with E-state index in [4.69, 9.17) is 10.2 Å². The van der Waals surface area contributed by atoms with Crippen LogP contribution in [0.2, 0.25) is 0 Å². The second-order valence-electron chi connectivity index (χ2n) is 7.40. The van der Waals surface area contributed by atoms with Gasteiger partial charge in [0.2, 0.25) is 5.95 Å². The number of pyridine rings is 1. The number of fused-ring (bicyclic) bond motifs is 1. The van der Waals surface area contributed by atoms with Gasteiger partial charge in [0.25, 0.3) is 10.0 Å². The van der Waals surface area contributed by atoms with E-state index in [1.165, 1.54) is 16.7 Å². The SMILES string of the molecule is C[C@H](c1cccc(CCN)c1)n1c(=O)oc2cc(S(=O)(=O)Nc3cccc(F)n3)c(F)cc21. The third-order valence-corrected chi connectivity index (χ3v) is 6.53. The van der Waals surface area contributed by atoms with Crippen LogP contribution in [0.1, 0.15) is 24.1 Å². The Kier molecular flexibility index (Phi) is 6.00. The van der Waals surface area contributed by atoms with Gasteiger partial charge in [-0.1, -0.05) is 30.3 Å². The van der Waals surface area contributed by atoms with Crippen molar-refractivity contribution in [3.63, 3.8) is 0 Å². The zero-order valence-electron chi connectivity index (χ0n) is 17.5. The zero-order chi connectivity index (χ0) is 23.8. The Morgan fingerprint density at radius 3 is 2.64 bits per heavy atom. The summed E-state index contributed by atoms with van der Waals surface area (Å²) in [6, 6.07) is 12.3. The molecule has 0 saturated carbocycles. The van der Waals surface area contributed by atoms with Crippen LogP contribution in [0.15, 0.2) is 68.7 Å². The number of hydrogen-bond acceptors (Lipinski definition) is 6. The standard InChI is InChI=1S/C22H20F2N4O4S/c1-13(15-5-2-4-14(10-15)8-9-25)28-17-11-16(23)19(12-18(17)32-22(28)29)33(30,31)27-21-7-3-6-20(24)26-21/h2-7,10-13H,8-9,25H2,1H3,(H,26,27)/t13-/m1/s1. The van der Waals surface area contributed by atoms with Crippen LogP contribution in [-0.4, -0.2) is 24.5 Å². The van der Waals surface area contributed by atoms with Crippen molar-refractivity contribution in [1.29, 1.82) is 0 Å². The lowest BCUT2D eigenvalue weighted by Gasteiger charge is -2.15. The summed E-state index contributed by atoms with van der Waals surface area (Å²) in [6.07, 6.45) is 0.657. The molecule has 0 amide bonds. The van der Waals surface area contributed by atoms with Crippen molar-refractivity contribution in [2.45, 2.75) is 24.3 Å². The topological polar surface area (TPSA) is 120 Å². The van der Waals surface area contributed by atoms with E-state index < -0.39 is 38.5 Å². The van der Waals surface area contributed by atoms with Crippen LogP contribution in [0.25, 0.3) is 11.1 Å². The molecule has 2 aromatic carbocycles. The highest BCUT2D eigenvalue weighted by atomic mass is 32.2. The number of nitrogens with zero attached hydrogens (tertiary/aromatic N) is 2. The molecule has 33 heavy (non-hydrogen) atoms. The minimum atomic E-state index is -4.48. The third kappa shape index (κ3) is 4.50. The molecule has 0 aliphatic carbocycles. The molecule has 11 heteroatoms. The summed E-state index contributed by atoms with van der Waals surface area (Å²) in [5.74, 6) is -3.10. The lowest BCUT2D eigenvalue weighted by atomic mass is 10.0. The van der Waals surface area contributed by atoms with E-state index in [2.05, 4.69) is 4.98 Å². The molecule has 0 saturated heterocycles. The van der Waals surface area contributed by atoms with E-state index in [0.717, 1.165) is 29.3 Å². The first-order valence-corrected chi connectivity index (χ1v) is 11.5. The van der Waals surface area contributed by atoms with E-state index in [1.54, 1.807) is 6.92 Å². The fourth-order valence-electron chi connectivity index (χ4n) is 3.59. The van der Waals surface area contributed by atoms with Crippen LogP contribution in [-0.2, 0) is 16.4 Å². The fourth-order valence-corrected chi connectivity index (χ4v) is 4.67. The summed E-state index contributed by atoms with van der Waals surface area (Å²) in [4.78, 5) is 15.2. The van der Waals surface area contributed by atoms with Crippen LogP contribution in [0.5, 0.6) is 0 Å². The number of nitrogens with two attached hydrogens (primary N) is 1. The number of anilines is 1. The molecule has 0 spiro atoms. The number of sulfonamides is 1. The van der Waals surface area contributed by atoms with Crippen molar-refractivity contribution in [3.8, 4) is 0 Å². The lowest BCUT2D eigenvalue weighted by molar-refractivity contribution is 0.489. The normalized spacial score (nSPS) is 12.7. The van der Waals surface area contributed by atoms with Crippen molar-refractivity contribution >= 4 is 26.9 Å². The number of oxazole rings is 1. The average molecular weight is 474 g/mol. The molecule has 0 bridgehead atoms. The molecule has 0 fully saturated rings. The lowest BCUT2D eigenvalue weighted by Crippen LogP contribution is -2.19. The Morgan fingerprint density at radius 2 is 1.91 bits per heavy atom. The largest absolute Gasteiger partial charge is 0.420 e. The van der Waals surface area contributed by atoms with Crippen molar-refractivity contribution < 1.29 is 21.6 Å². The second-order valence-corrected chi connectivity index (χ2v) is 9.05. The molecule has 4 rings (SSSR count). The summed E-state index contributed by atoms with van der Waals surface area (Å²) in [6.45, 7) is 2.21. The highest BCUT2D eigenvalue weighted by molar-refractivity contribution is 7.92. The van der Waals surface area contributed by atoms with Gasteiger partial charge in [-0.3, -0.25) is 9.29 Å². The van der Waals surface area contributed by atoms with Gasteiger partial charge in [-0.25, -0.2) is 22.6 Å². The van der Waals surface area contributed by atoms with E-state index in [1.807, 2.05) is 29.0 Å². The number of aromatic nitrogens is 2. The van der Waals surface area contributed by atoms with Gasteiger partial charge in [0.1, 0.15) is 16.5 Å². The molecule has 0 aliphatic rings. The molecule has 2 heterocycles. The van der Waals surface area contributed by atoms with E-state index in [-0.39, 0.29) is 16.9 Å². The van der Waals surface area contributed by atoms with Crippen LogP contribution >= 0.6 is 0 Å². The molecule has 172 valence electrons. The van der Waals surface area contributed by atoms with Crippen LogP contribution < -0.4 is 16.2 Å². The Bertz CT molecular complexity index is 1500. The summed E-state index contributed by atoms with van der Waals surface area (Å²) in [5.41, 5.74) is 7.36. The summed E-state index contributed by atoms with van der Waals surface area (Å²) >= 11 is 0. The maximum atomic E-state index is 14.9. The van der Waals surface area contributed by atoms with Crippen LogP contribution in [0.4, 0.5) is 14.6 Å². The first-order chi connectivity index (χ1) is 15.7. The minimum Gasteiger partial charge on any atom is -0.408 e. The van der Waals surface area contributed by atoms with Crippen molar-refractivity contribution in [3.05, 3.63) is 88.0 Å². The number of rotatable bonds is 7. The van der Waals surface area contributed by atoms with E-state index in [0.29, 0.717) is 13.0 Å². The molecule has 2 aromatic heterocycles. The summed E-state index contributed by atoms with van der Waals surface area (Å²) in [5, 5.41) is 0. The van der Waals surface area contributed by atoms with Gasteiger partial charge in [-0.05, 0) is 43.1 Å². The molecule has 4 aromatic rings. The van der Waals surface area contributed by atoms with Gasteiger partial charge in [0, 0.05) is 12.1 Å². The van der Waals surface area contributed by atoms with Gasteiger partial charge >= 0.3 is 5.76 Å². The molecule has 0 unspecified atom stereocenters. The van der Waals surface area contributed by atoms with Crippen LogP contribution in [0.3, 0.4) is 0 Å². The Morgan fingerprint density at radius 1 is 1.15 bits per heavy atom. The van der Waals surface area contributed by atoms with Crippen LogP contribution in [0, 0.1) is 11.8 Å². The van der Waals surface area contributed by atoms with Gasteiger partial charge in [0.15, 0.2) is 5.58 Å². The number of benzene rings is 2. The molecule has 1 atom stereocenters. The second kappa shape index (κ2) is 8.75. The average Bonchev–Trinajstić information content (AvgIpc) is 3.07. The third-order valence-electron chi connectivity index (χ3n) is 5.16. The Balaban J connectivity index is 1.76. The van der Waals surface area contributed by atoms with Crippen molar-refractivity contribution in [1.82, 2.24) is 9.55 Å². The van der Waals surface area contributed by atoms with Gasteiger partial charge in [-0.15, -0.1) is 0 Å². The van der Waals surface area contributed by atoms with Crippen molar-refractivity contribution in [2.75, 3.05) is 11.3 Å². The highest BCUT2D eigenvalue weighted by Gasteiger charge is 2.25. The maximum Gasteiger partial charge on any atom is 0.420 e. The highest BCUT2D eigenvalue weighted by Crippen LogP contribution is 2.28. The van der Waals surface area contributed by atoms with Gasteiger partial charge in [-0.2, -0.15) is 4.39 Å². The monoisotopic (exact) mass is 474 g/mol. The van der Waals surface area contributed by atoms with E-state index in [9.17, 15) is 22.0 Å². The Labute approximate surface area is 187 Å².